The van der Waals surface area contributed by atoms with E-state index < -0.39 is 35.6 Å². The summed E-state index contributed by atoms with van der Waals surface area (Å²) in [6.07, 6.45) is 5.15. The molecule has 2 fully saturated rings. The largest absolute Gasteiger partial charge is 0.324 e. The second-order valence-corrected chi connectivity index (χ2v) is 8.19. The summed E-state index contributed by atoms with van der Waals surface area (Å²) in [5.41, 5.74) is 1.18. The molecule has 3 heterocycles. The summed E-state index contributed by atoms with van der Waals surface area (Å²) in [5.74, 6) is -2.46. The van der Waals surface area contributed by atoms with E-state index in [0.29, 0.717) is 5.92 Å². The van der Waals surface area contributed by atoms with Crippen molar-refractivity contribution in [3.63, 3.8) is 0 Å². The van der Waals surface area contributed by atoms with Crippen LogP contribution in [0.25, 0.3) is 0 Å². The average Bonchev–Trinajstić information content (AvgIpc) is 3.24. The van der Waals surface area contributed by atoms with E-state index in [9.17, 15) is 24.0 Å². The Morgan fingerprint density at radius 2 is 1.94 bits per heavy atom. The Morgan fingerprint density at radius 3 is 2.66 bits per heavy atom. The Balaban J connectivity index is 1.33. The van der Waals surface area contributed by atoms with Crippen LogP contribution in [0, 0.1) is 0 Å². The van der Waals surface area contributed by atoms with E-state index >= 15 is 0 Å². The van der Waals surface area contributed by atoms with Crippen LogP contribution in [0.2, 0.25) is 0 Å². The minimum Gasteiger partial charge on any atom is -0.324 e. The highest BCUT2D eigenvalue weighted by molar-refractivity contribution is 6.26. The number of imide groups is 2. The highest BCUT2D eigenvalue weighted by atomic mass is 16.2. The lowest BCUT2D eigenvalue weighted by molar-refractivity contribution is -0.136. The first-order valence-electron chi connectivity index (χ1n) is 10.5. The second-order valence-electron chi connectivity index (χ2n) is 8.19. The van der Waals surface area contributed by atoms with Gasteiger partial charge in [-0.2, -0.15) is 0 Å². The van der Waals surface area contributed by atoms with Crippen molar-refractivity contribution in [1.29, 1.82) is 0 Å². The van der Waals surface area contributed by atoms with Gasteiger partial charge in [-0.05, 0) is 31.4 Å². The number of nitrogens with zero attached hydrogens (tertiary/aromatic N) is 4. The molecular weight excluding hydrogens is 416 g/mol. The zero-order valence-electron chi connectivity index (χ0n) is 17.0. The van der Waals surface area contributed by atoms with E-state index in [2.05, 4.69) is 20.9 Å². The first-order chi connectivity index (χ1) is 15.4. The minimum atomic E-state index is -1.07. The van der Waals surface area contributed by atoms with Crippen molar-refractivity contribution in [3.8, 4) is 0 Å². The van der Waals surface area contributed by atoms with Crippen LogP contribution in [-0.2, 0) is 20.9 Å². The zero-order chi connectivity index (χ0) is 22.4. The molecule has 1 aromatic carbocycles. The van der Waals surface area contributed by atoms with Gasteiger partial charge in [0, 0.05) is 18.5 Å². The number of hydrogen-bond acceptors (Lipinski definition) is 7. The molecule has 2 N–H and O–H groups in total. The molecule has 11 nitrogen and oxygen atoms in total. The van der Waals surface area contributed by atoms with Crippen molar-refractivity contribution in [2.45, 2.75) is 50.6 Å². The lowest BCUT2D eigenvalue weighted by Gasteiger charge is -2.27. The van der Waals surface area contributed by atoms with Gasteiger partial charge in [0.05, 0.1) is 22.5 Å². The van der Waals surface area contributed by atoms with Crippen molar-refractivity contribution >= 4 is 35.2 Å². The molecule has 164 valence electrons. The first-order valence-corrected chi connectivity index (χ1v) is 10.5. The van der Waals surface area contributed by atoms with Crippen molar-refractivity contribution in [2.75, 3.05) is 5.32 Å². The lowest BCUT2D eigenvalue weighted by atomic mass is 9.83. The molecule has 1 atom stereocenters. The summed E-state index contributed by atoms with van der Waals surface area (Å²) in [7, 11) is 0. The van der Waals surface area contributed by atoms with Crippen LogP contribution in [0.5, 0.6) is 0 Å². The van der Waals surface area contributed by atoms with Crippen molar-refractivity contribution in [2.24, 2.45) is 0 Å². The van der Waals surface area contributed by atoms with Gasteiger partial charge in [-0.25, -0.2) is 4.68 Å². The van der Waals surface area contributed by atoms with Gasteiger partial charge < -0.3 is 5.32 Å². The standard InChI is InChI=1S/C21H20N6O5/c28-16-8-7-15(19(30)23-16)27-20(31)12-5-2-6-13(18(12)21(27)32)22-17(29)10-26-9-14(24-25-26)11-3-1-4-11/h2,5-6,9,11,15H,1,3-4,7-8,10H2,(H,22,29)(H,23,28,30). The quantitative estimate of drug-likeness (QED) is 0.653. The van der Waals surface area contributed by atoms with Gasteiger partial charge >= 0.3 is 0 Å². The molecule has 1 aliphatic carbocycles. The lowest BCUT2D eigenvalue weighted by Crippen LogP contribution is -2.54. The van der Waals surface area contributed by atoms with Crippen LogP contribution < -0.4 is 10.6 Å². The Kier molecular flexibility index (Phi) is 4.80. The van der Waals surface area contributed by atoms with Crippen LogP contribution >= 0.6 is 0 Å². The summed E-state index contributed by atoms with van der Waals surface area (Å²) in [6.45, 7) is -0.0949. The molecule has 1 saturated heterocycles. The van der Waals surface area contributed by atoms with E-state index in [-0.39, 0.29) is 36.2 Å². The number of rotatable bonds is 5. The summed E-state index contributed by atoms with van der Waals surface area (Å²) in [5, 5.41) is 12.9. The maximum atomic E-state index is 13.1. The molecule has 2 aromatic rings. The molecule has 5 rings (SSSR count). The third kappa shape index (κ3) is 3.35. The normalized spacial score (nSPS) is 20.8. The van der Waals surface area contributed by atoms with Crippen LogP contribution in [0.4, 0.5) is 5.69 Å². The van der Waals surface area contributed by atoms with Crippen LogP contribution in [-0.4, -0.2) is 55.5 Å². The number of fused-ring (bicyclic) bond motifs is 1. The molecule has 32 heavy (non-hydrogen) atoms. The molecule has 1 unspecified atom stereocenters. The monoisotopic (exact) mass is 436 g/mol. The van der Waals surface area contributed by atoms with Gasteiger partial charge in [0.1, 0.15) is 12.6 Å². The molecule has 2 aliphatic heterocycles. The number of carbonyl (C=O) groups excluding carboxylic acids is 5. The Morgan fingerprint density at radius 1 is 1.12 bits per heavy atom. The topological polar surface area (TPSA) is 143 Å². The second kappa shape index (κ2) is 7.66. The van der Waals surface area contributed by atoms with Crippen LogP contribution in [0.1, 0.15) is 64.4 Å². The SMILES string of the molecule is O=C1CCC(N2C(=O)c3cccc(NC(=O)Cn4cc(C5CCC5)nn4)c3C2=O)C(=O)N1. The molecule has 5 amide bonds. The number of aromatic nitrogens is 3. The number of carbonyl (C=O) groups is 5. The predicted molar refractivity (Wildman–Crippen MR) is 108 cm³/mol. The minimum absolute atomic E-state index is 0.0318. The summed E-state index contributed by atoms with van der Waals surface area (Å²) >= 11 is 0. The zero-order valence-corrected chi connectivity index (χ0v) is 17.0. The van der Waals surface area contributed by atoms with E-state index in [0.717, 1.165) is 23.4 Å². The Labute approximate surface area is 182 Å². The predicted octanol–water partition coefficient (Wildman–Crippen LogP) is 0.585. The van der Waals surface area contributed by atoms with Gasteiger partial charge in [0.25, 0.3) is 11.8 Å². The van der Waals surface area contributed by atoms with E-state index in [1.807, 2.05) is 0 Å². The van der Waals surface area contributed by atoms with E-state index in [1.165, 1.54) is 23.2 Å². The molecule has 0 spiro atoms. The van der Waals surface area contributed by atoms with E-state index in [1.54, 1.807) is 12.3 Å². The van der Waals surface area contributed by atoms with Gasteiger partial charge in [0.2, 0.25) is 17.7 Å². The van der Waals surface area contributed by atoms with Gasteiger partial charge in [-0.1, -0.05) is 17.7 Å². The first kappa shape index (κ1) is 20.0. The number of piperidine rings is 1. The van der Waals surface area contributed by atoms with Gasteiger partial charge in [-0.15, -0.1) is 5.10 Å². The molecule has 0 radical (unpaired) electrons. The van der Waals surface area contributed by atoms with Gasteiger partial charge in [0.15, 0.2) is 0 Å². The third-order valence-corrected chi connectivity index (χ3v) is 6.13. The number of amides is 5. The third-order valence-electron chi connectivity index (χ3n) is 6.13. The smallest absolute Gasteiger partial charge is 0.264 e. The highest BCUT2D eigenvalue weighted by Crippen LogP contribution is 2.35. The fraction of sp³-hybridized carbons (Fsp3) is 0.381. The molecule has 3 aliphatic rings. The summed E-state index contributed by atoms with van der Waals surface area (Å²) < 4.78 is 1.44. The van der Waals surface area contributed by atoms with E-state index in [4.69, 9.17) is 0 Å². The molecular formula is C21H20N6O5. The average molecular weight is 436 g/mol. The summed E-state index contributed by atoms with van der Waals surface area (Å²) in [6, 6.07) is 3.48. The maximum absolute atomic E-state index is 13.1. The molecule has 0 bridgehead atoms. The summed E-state index contributed by atoms with van der Waals surface area (Å²) in [4.78, 5) is 63.0. The van der Waals surface area contributed by atoms with Crippen molar-refractivity contribution < 1.29 is 24.0 Å². The maximum Gasteiger partial charge on any atom is 0.264 e. The number of hydrogen-bond donors (Lipinski definition) is 2. The van der Waals surface area contributed by atoms with Crippen molar-refractivity contribution in [1.82, 2.24) is 25.2 Å². The van der Waals surface area contributed by atoms with Gasteiger partial charge in [-0.3, -0.25) is 34.2 Å². The Hall–Kier alpha value is -3.89. The fourth-order valence-corrected chi connectivity index (χ4v) is 4.24. The van der Waals surface area contributed by atoms with Crippen LogP contribution in [0.15, 0.2) is 24.4 Å². The number of anilines is 1. The fourth-order valence-electron chi connectivity index (χ4n) is 4.24. The number of benzene rings is 1. The molecule has 1 aromatic heterocycles. The van der Waals surface area contributed by atoms with Crippen LogP contribution in [0.3, 0.4) is 0 Å². The number of nitrogens with one attached hydrogen (secondary N) is 2. The molecule has 11 heteroatoms. The Bertz CT molecular complexity index is 1170. The molecule has 1 saturated carbocycles. The van der Waals surface area contributed by atoms with Crippen molar-refractivity contribution in [3.05, 3.63) is 41.2 Å². The highest BCUT2D eigenvalue weighted by Gasteiger charge is 2.45.